The molecule has 10 rings (SSSR count). The van der Waals surface area contributed by atoms with Crippen LogP contribution in [-0.4, -0.2) is 9.55 Å². The quantitative estimate of drug-likeness (QED) is 0.0818. The van der Waals surface area contributed by atoms with Crippen molar-refractivity contribution < 1.29 is 25.8 Å². The Hall–Kier alpha value is -5.32. The summed E-state index contributed by atoms with van der Waals surface area (Å²) in [6, 6.07) is 52.3. The summed E-state index contributed by atoms with van der Waals surface area (Å²) in [4.78, 5) is 4.90. The minimum atomic E-state index is -0.150. The van der Waals surface area contributed by atoms with Gasteiger partial charge in [-0.05, 0) is 85.5 Å². The topological polar surface area (TPSA) is 27.1 Å². The summed E-state index contributed by atoms with van der Waals surface area (Å²) >= 11 is 0. The van der Waals surface area contributed by atoms with Crippen LogP contribution < -0.4 is 13.9 Å². The first kappa shape index (κ1) is 44.9. The molecule has 0 bridgehead atoms. The van der Waals surface area contributed by atoms with Crippen molar-refractivity contribution >= 4 is 44.6 Å². The van der Waals surface area contributed by atoms with Gasteiger partial charge >= 0.3 is 0 Å². The molecule has 6 aromatic carbocycles. The number of benzene rings is 6. The molecule has 0 N–H and O–H groups in total. The van der Waals surface area contributed by atoms with E-state index in [1.165, 1.54) is 56.0 Å². The number of fused-ring (bicyclic) bond motifs is 7. The van der Waals surface area contributed by atoms with Gasteiger partial charge in [0.05, 0.1) is 5.69 Å². The zero-order chi connectivity index (χ0) is 45.1. The van der Waals surface area contributed by atoms with E-state index in [-0.39, 0.29) is 31.9 Å². The summed E-state index contributed by atoms with van der Waals surface area (Å²) in [7, 11) is 0. The van der Waals surface area contributed by atoms with E-state index in [2.05, 4.69) is 222 Å². The number of hydrogen-bond donors (Lipinski definition) is 0. The predicted octanol–water partition coefficient (Wildman–Crippen LogP) is 16.5. The van der Waals surface area contributed by atoms with Crippen LogP contribution in [0.1, 0.15) is 129 Å². The Morgan fingerprint density at radius 3 is 1.92 bits per heavy atom. The maximum atomic E-state index is 6.94. The molecular formula is C59H61N4OPt-. The van der Waals surface area contributed by atoms with Crippen molar-refractivity contribution in [2.24, 2.45) is 0 Å². The van der Waals surface area contributed by atoms with E-state index in [0.29, 0.717) is 38.4 Å². The van der Waals surface area contributed by atoms with Gasteiger partial charge in [0.1, 0.15) is 5.82 Å². The van der Waals surface area contributed by atoms with Gasteiger partial charge in [-0.2, -0.15) is 10.7 Å². The Bertz CT molecular complexity index is 3120. The molecule has 1 unspecified atom stereocenters. The van der Waals surface area contributed by atoms with Crippen LogP contribution in [0.5, 0.6) is 11.5 Å². The number of aromatic nitrogens is 2. The van der Waals surface area contributed by atoms with Crippen molar-refractivity contribution in [1.82, 2.24) is 18.7 Å². The standard InChI is InChI=1S/C59H61N4O.Pt/c1-37(2)41-29-50(38(3)4)57(51(30-41)39(5)6)40-18-17-19-44(28-40)62-36-63(62,55-23-16-15-22-54(55)62)45-31-43(59(10,11)12)32-47(34-45)64-46-24-25-49-48-20-13-14-21-52(48)61(53(49)35-46)56-33-42(26-27-60-56)58(7,8)9;/h13-33,36-39H,1-12H3;/q-1;/t62-,63?;/m0./s1. The van der Waals surface area contributed by atoms with Gasteiger partial charge in [0.25, 0.3) is 0 Å². The molecule has 65 heavy (non-hydrogen) atoms. The Labute approximate surface area is 401 Å². The molecule has 6 heteroatoms. The molecule has 4 heterocycles. The smallest absolute Gasteiger partial charge is 0.225 e. The van der Waals surface area contributed by atoms with Crippen molar-refractivity contribution in [2.45, 2.75) is 112 Å². The normalized spacial score (nSPS) is 17.9. The third kappa shape index (κ3) is 7.12. The number of rotatable bonds is 9. The van der Waals surface area contributed by atoms with Crippen LogP contribution in [0.4, 0.5) is 22.7 Å². The van der Waals surface area contributed by atoms with Gasteiger partial charge in [0.2, 0.25) is 11.4 Å². The average molecular weight is 1040 g/mol. The van der Waals surface area contributed by atoms with Gasteiger partial charge < -0.3 is 9.30 Å². The second-order valence-corrected chi connectivity index (χ2v) is 21.1. The molecule has 2 aromatic heterocycles. The summed E-state index contributed by atoms with van der Waals surface area (Å²) in [5, 5.41) is 2.26. The number of para-hydroxylation sites is 3. The molecule has 2 aliphatic rings. The van der Waals surface area contributed by atoms with Crippen LogP contribution in [-0.2, 0) is 31.9 Å². The molecule has 2 atom stereocenters. The van der Waals surface area contributed by atoms with Crippen LogP contribution in [0.15, 0.2) is 128 Å². The summed E-state index contributed by atoms with van der Waals surface area (Å²) in [5.41, 5.74) is 16.0. The molecular weight excluding hydrogens is 976 g/mol. The fraction of sp³-hybridized carbons (Fsp3) is 0.288. The van der Waals surface area contributed by atoms with E-state index in [0.717, 1.165) is 33.3 Å². The number of pyridine rings is 1. The summed E-state index contributed by atoms with van der Waals surface area (Å²) < 4.78 is 10.3. The minimum absolute atomic E-state index is 0. The Kier molecular flexibility index (Phi) is 11.0. The van der Waals surface area contributed by atoms with E-state index in [1.54, 1.807) is 0 Å². The first-order chi connectivity index (χ1) is 30.4. The van der Waals surface area contributed by atoms with Gasteiger partial charge in [-0.25, -0.2) is 9.58 Å². The first-order valence-electron chi connectivity index (χ1n) is 23.1. The van der Waals surface area contributed by atoms with E-state index < -0.39 is 0 Å². The van der Waals surface area contributed by atoms with Gasteiger partial charge in [-0.3, -0.25) is 0 Å². The molecule has 5 nitrogen and oxygen atoms in total. The maximum Gasteiger partial charge on any atom is 0.225 e. The van der Waals surface area contributed by atoms with Crippen molar-refractivity contribution in [2.75, 3.05) is 0 Å². The monoisotopic (exact) mass is 1040 g/mol. The summed E-state index contributed by atoms with van der Waals surface area (Å²) in [5.74, 6) is 3.42. The molecule has 0 amide bonds. The summed E-state index contributed by atoms with van der Waals surface area (Å²) in [6.07, 6.45) is 1.92. The molecule has 0 radical (unpaired) electrons. The molecule has 0 saturated carbocycles. The van der Waals surface area contributed by atoms with Crippen molar-refractivity contribution in [3.05, 3.63) is 174 Å². The average Bonchev–Trinajstić information content (AvgIpc) is 3.76. The molecule has 1 fully saturated rings. The van der Waals surface area contributed by atoms with Gasteiger partial charge in [0, 0.05) is 68.5 Å². The third-order valence-electron chi connectivity index (χ3n) is 13.7. The van der Waals surface area contributed by atoms with Crippen LogP contribution >= 0.6 is 0 Å². The predicted molar refractivity (Wildman–Crippen MR) is 268 cm³/mol. The SMILES string of the molecule is CC(C)c1cc(C(C)C)c(-c2cccc([N@+]34[CH-][N+]3(c3[c-]c(Oc5[c-]c6c(cc5)c5ccccc5n6-c5cc(C(C)(C)C)ccn5)cc(C(C)(C)C)c3)c3ccccc34)c2)c(C(C)C)c1.[Pt]. The van der Waals surface area contributed by atoms with Crippen molar-refractivity contribution in [3.8, 4) is 28.4 Å². The third-order valence-corrected chi connectivity index (χ3v) is 13.7. The van der Waals surface area contributed by atoms with Crippen molar-refractivity contribution in [1.29, 1.82) is 0 Å². The molecule has 0 aliphatic carbocycles. The zero-order valence-electron chi connectivity index (χ0n) is 39.9. The maximum absolute atomic E-state index is 6.94. The molecule has 0 spiro atoms. The van der Waals surface area contributed by atoms with Crippen LogP contribution in [0.2, 0.25) is 0 Å². The number of quaternary nitrogens is 2. The Morgan fingerprint density at radius 1 is 0.600 bits per heavy atom. The summed E-state index contributed by atoms with van der Waals surface area (Å²) in [6.45, 7) is 29.9. The van der Waals surface area contributed by atoms with Crippen LogP contribution in [0.3, 0.4) is 0 Å². The van der Waals surface area contributed by atoms with Gasteiger partial charge in [-0.15, -0.1) is 35.2 Å². The fourth-order valence-electron chi connectivity index (χ4n) is 10.1. The molecule has 334 valence electrons. The zero-order valence-corrected chi connectivity index (χ0v) is 42.2. The number of ether oxygens (including phenoxy) is 1. The molecule has 1 saturated heterocycles. The number of nitrogens with zero attached hydrogens (tertiary/aromatic N) is 4. The van der Waals surface area contributed by atoms with Gasteiger partial charge in [0.15, 0.2) is 12.4 Å². The molecule has 8 aromatic rings. The van der Waals surface area contributed by atoms with E-state index in [1.807, 2.05) is 12.3 Å². The fourth-order valence-corrected chi connectivity index (χ4v) is 10.1. The van der Waals surface area contributed by atoms with E-state index in [9.17, 15) is 0 Å². The Balaban J connectivity index is 0.00000533. The number of hydrogen-bond acceptors (Lipinski definition) is 2. The van der Waals surface area contributed by atoms with Crippen LogP contribution in [0, 0.1) is 18.8 Å². The Morgan fingerprint density at radius 2 is 1.26 bits per heavy atom. The second-order valence-electron chi connectivity index (χ2n) is 21.1. The first-order valence-corrected chi connectivity index (χ1v) is 23.1. The van der Waals surface area contributed by atoms with E-state index in [4.69, 9.17) is 9.72 Å². The van der Waals surface area contributed by atoms with Crippen LogP contribution in [0.25, 0.3) is 38.8 Å². The largest absolute Gasteiger partial charge is 0.509 e. The van der Waals surface area contributed by atoms with Gasteiger partial charge in [-0.1, -0.05) is 149 Å². The molecule has 2 aliphatic heterocycles. The minimum Gasteiger partial charge on any atom is -0.509 e. The van der Waals surface area contributed by atoms with E-state index >= 15 is 0 Å². The second kappa shape index (κ2) is 15.9. The van der Waals surface area contributed by atoms with Crippen molar-refractivity contribution in [3.63, 3.8) is 0 Å².